The topological polar surface area (TPSA) is 16.4 Å². The van der Waals surface area contributed by atoms with Crippen molar-refractivity contribution in [2.45, 2.75) is 19.3 Å². The maximum absolute atomic E-state index is 6.58. The fourth-order valence-electron chi connectivity index (χ4n) is 9.19. The van der Waals surface area contributed by atoms with Gasteiger partial charge in [-0.3, -0.25) is 0 Å². The molecule has 0 saturated carbocycles. The summed E-state index contributed by atoms with van der Waals surface area (Å²) in [6.45, 7) is 4.70. The Bertz CT molecular complexity index is 3040. The van der Waals surface area contributed by atoms with Crippen LogP contribution in [0.1, 0.15) is 25.0 Å². The highest BCUT2D eigenvalue weighted by Crippen LogP contribution is 2.54. The summed E-state index contributed by atoms with van der Waals surface area (Å²) in [5, 5.41) is 4.75. The first-order chi connectivity index (χ1) is 28.0. The van der Waals surface area contributed by atoms with E-state index in [0.717, 1.165) is 33.6 Å². The zero-order valence-electron chi connectivity index (χ0n) is 31.9. The second kappa shape index (κ2) is 13.0. The molecule has 11 rings (SSSR count). The third-order valence-corrected chi connectivity index (χ3v) is 12.1. The Morgan fingerprint density at radius 1 is 0.386 bits per heavy atom. The van der Waals surface area contributed by atoms with Gasteiger partial charge in [0.25, 0.3) is 0 Å². The molecule has 0 saturated heterocycles. The van der Waals surface area contributed by atoms with E-state index in [9.17, 15) is 0 Å². The monoisotopic (exact) mass is 729 g/mol. The molecule has 1 aliphatic rings. The van der Waals surface area contributed by atoms with Gasteiger partial charge in [0, 0.05) is 38.5 Å². The second-order valence-electron chi connectivity index (χ2n) is 15.7. The summed E-state index contributed by atoms with van der Waals surface area (Å²) in [6, 6.07) is 72.5. The number of rotatable bonds is 6. The Hall–Kier alpha value is -7.16. The maximum atomic E-state index is 6.58. The zero-order valence-corrected chi connectivity index (χ0v) is 31.9. The molecule has 0 radical (unpaired) electrons. The van der Waals surface area contributed by atoms with Crippen LogP contribution in [-0.4, -0.2) is 0 Å². The number of hydrogen-bond donors (Lipinski definition) is 0. The van der Waals surface area contributed by atoms with E-state index in [-0.39, 0.29) is 5.41 Å². The number of hydrogen-bond acceptors (Lipinski definition) is 2. The summed E-state index contributed by atoms with van der Waals surface area (Å²) in [6.07, 6.45) is 0. The van der Waals surface area contributed by atoms with E-state index in [1.165, 1.54) is 71.8 Å². The minimum atomic E-state index is -0.182. The highest BCUT2D eigenvalue weighted by Gasteiger charge is 2.38. The van der Waals surface area contributed by atoms with Gasteiger partial charge in [-0.05, 0) is 97.9 Å². The largest absolute Gasteiger partial charge is 0.455 e. The number of anilines is 3. The van der Waals surface area contributed by atoms with Gasteiger partial charge in [0.1, 0.15) is 11.2 Å². The van der Waals surface area contributed by atoms with Gasteiger partial charge in [-0.15, -0.1) is 0 Å². The molecule has 1 aliphatic carbocycles. The van der Waals surface area contributed by atoms with Crippen molar-refractivity contribution in [3.8, 4) is 44.5 Å². The molecule has 57 heavy (non-hydrogen) atoms. The molecule has 1 aromatic heterocycles. The van der Waals surface area contributed by atoms with Crippen molar-refractivity contribution in [1.82, 2.24) is 0 Å². The van der Waals surface area contributed by atoms with E-state index in [0.29, 0.717) is 0 Å². The molecular weight excluding hydrogens is 691 g/mol. The van der Waals surface area contributed by atoms with Gasteiger partial charge in [0.15, 0.2) is 0 Å². The Morgan fingerprint density at radius 3 is 1.56 bits per heavy atom. The Labute approximate surface area is 332 Å². The van der Waals surface area contributed by atoms with E-state index < -0.39 is 0 Å². The van der Waals surface area contributed by atoms with Gasteiger partial charge in [-0.1, -0.05) is 172 Å². The summed E-state index contributed by atoms with van der Waals surface area (Å²) in [5.74, 6) is 0. The van der Waals surface area contributed by atoms with Crippen LogP contribution in [0.25, 0.3) is 77.2 Å². The van der Waals surface area contributed by atoms with E-state index in [2.05, 4.69) is 213 Å². The number of furan rings is 1. The van der Waals surface area contributed by atoms with Crippen molar-refractivity contribution >= 4 is 49.8 Å². The van der Waals surface area contributed by atoms with E-state index in [1.54, 1.807) is 0 Å². The molecular formula is C55H39NO. The summed E-state index contributed by atoms with van der Waals surface area (Å²) >= 11 is 0. The number of nitrogens with zero attached hydrogens (tertiary/aromatic N) is 1. The highest BCUT2D eigenvalue weighted by molar-refractivity contribution is 6.12. The molecule has 2 heteroatoms. The Morgan fingerprint density at radius 2 is 0.912 bits per heavy atom. The zero-order chi connectivity index (χ0) is 38.1. The van der Waals surface area contributed by atoms with Crippen LogP contribution < -0.4 is 4.90 Å². The first-order valence-corrected chi connectivity index (χ1v) is 19.8. The molecule has 0 N–H and O–H groups in total. The third-order valence-electron chi connectivity index (χ3n) is 12.1. The molecule has 0 unspecified atom stereocenters. The van der Waals surface area contributed by atoms with Crippen molar-refractivity contribution < 1.29 is 4.42 Å². The smallest absolute Gasteiger partial charge is 0.143 e. The predicted octanol–water partition coefficient (Wildman–Crippen LogP) is 15.5. The standard InChI is InChI=1S/C55H39NO/c1-55(2)49-33-31-47-46-19-11-12-20-52(46)57-54(47)53(49)48-30-25-40(35-50(48)55)43-32-34-51(45-18-10-9-17-44(43)45)56(41-26-21-38(22-27-41)36-13-5-3-6-14-36)42-28-23-39(24-29-42)37-15-7-4-8-16-37/h3-35H,1-2H3. The number of benzene rings is 9. The molecule has 0 bridgehead atoms. The van der Waals surface area contributed by atoms with Crippen LogP contribution in [0.15, 0.2) is 205 Å². The molecule has 1 heterocycles. The lowest BCUT2D eigenvalue weighted by atomic mass is 9.81. The molecule has 9 aromatic carbocycles. The van der Waals surface area contributed by atoms with Gasteiger partial charge in [-0.25, -0.2) is 0 Å². The van der Waals surface area contributed by atoms with Gasteiger partial charge < -0.3 is 9.32 Å². The quantitative estimate of drug-likeness (QED) is 0.169. The van der Waals surface area contributed by atoms with Crippen LogP contribution in [0.5, 0.6) is 0 Å². The molecule has 0 atom stereocenters. The molecule has 0 fully saturated rings. The van der Waals surface area contributed by atoms with Crippen molar-refractivity contribution in [3.63, 3.8) is 0 Å². The average Bonchev–Trinajstić information content (AvgIpc) is 3.76. The maximum Gasteiger partial charge on any atom is 0.143 e. The predicted molar refractivity (Wildman–Crippen MR) is 240 cm³/mol. The minimum Gasteiger partial charge on any atom is -0.455 e. The average molecular weight is 730 g/mol. The molecule has 10 aromatic rings. The van der Waals surface area contributed by atoms with E-state index in [1.807, 2.05) is 6.07 Å². The van der Waals surface area contributed by atoms with E-state index >= 15 is 0 Å². The van der Waals surface area contributed by atoms with Crippen LogP contribution >= 0.6 is 0 Å². The van der Waals surface area contributed by atoms with Crippen molar-refractivity contribution in [1.29, 1.82) is 0 Å². The van der Waals surface area contributed by atoms with Gasteiger partial charge in [0.2, 0.25) is 0 Å². The third kappa shape index (κ3) is 5.33. The fourth-order valence-corrected chi connectivity index (χ4v) is 9.19. The lowest BCUT2D eigenvalue weighted by Crippen LogP contribution is -2.15. The van der Waals surface area contributed by atoms with Crippen LogP contribution in [0.3, 0.4) is 0 Å². The van der Waals surface area contributed by atoms with Crippen LogP contribution in [0.2, 0.25) is 0 Å². The Kier molecular flexibility index (Phi) is 7.55. The molecule has 0 aliphatic heterocycles. The van der Waals surface area contributed by atoms with Crippen LogP contribution in [0, 0.1) is 0 Å². The van der Waals surface area contributed by atoms with Crippen LogP contribution in [0.4, 0.5) is 17.1 Å². The van der Waals surface area contributed by atoms with Gasteiger partial charge in [0.05, 0.1) is 5.69 Å². The van der Waals surface area contributed by atoms with Gasteiger partial charge >= 0.3 is 0 Å². The molecule has 270 valence electrons. The summed E-state index contributed by atoms with van der Waals surface area (Å²) in [7, 11) is 0. The summed E-state index contributed by atoms with van der Waals surface area (Å²) < 4.78 is 6.58. The van der Waals surface area contributed by atoms with Crippen molar-refractivity contribution in [2.75, 3.05) is 4.90 Å². The second-order valence-corrected chi connectivity index (χ2v) is 15.7. The van der Waals surface area contributed by atoms with Crippen molar-refractivity contribution in [2.24, 2.45) is 0 Å². The molecule has 0 spiro atoms. The highest BCUT2D eigenvalue weighted by atomic mass is 16.3. The first-order valence-electron chi connectivity index (χ1n) is 19.8. The summed E-state index contributed by atoms with van der Waals surface area (Å²) in [4.78, 5) is 2.40. The first kappa shape index (κ1) is 33.2. The lowest BCUT2D eigenvalue weighted by Gasteiger charge is -2.28. The van der Waals surface area contributed by atoms with E-state index in [4.69, 9.17) is 4.42 Å². The normalized spacial score (nSPS) is 12.9. The SMILES string of the molecule is CC1(C)c2cc(-c3ccc(N(c4ccc(-c5ccccc5)cc4)c4ccc(-c5ccccc5)cc4)c4ccccc34)ccc2-c2c1ccc1c2oc2ccccc21. The van der Waals surface area contributed by atoms with Crippen LogP contribution in [-0.2, 0) is 5.41 Å². The van der Waals surface area contributed by atoms with Crippen molar-refractivity contribution in [3.05, 3.63) is 211 Å². The number of para-hydroxylation sites is 1. The summed E-state index contributed by atoms with van der Waals surface area (Å²) in [5.41, 5.74) is 17.4. The minimum absolute atomic E-state index is 0.182. The molecule has 2 nitrogen and oxygen atoms in total. The number of fused-ring (bicyclic) bond motifs is 8. The van der Waals surface area contributed by atoms with Gasteiger partial charge in [-0.2, -0.15) is 0 Å². The molecule has 0 amide bonds. The lowest BCUT2D eigenvalue weighted by molar-refractivity contribution is 0.653. The Balaban J connectivity index is 1.05. The fraction of sp³-hybridized carbons (Fsp3) is 0.0545.